The SMILES string of the molecule is Cc1cc(C)c(-c2c(O)c3nccnc3[nH]c2=O)c(C)c1. The maximum atomic E-state index is 12.4. The van der Waals surface area contributed by atoms with Gasteiger partial charge in [0.05, 0.1) is 5.56 Å². The monoisotopic (exact) mass is 281 g/mol. The molecule has 106 valence electrons. The molecule has 0 amide bonds. The van der Waals surface area contributed by atoms with Gasteiger partial charge in [0.25, 0.3) is 5.56 Å². The molecule has 5 heteroatoms. The van der Waals surface area contributed by atoms with Gasteiger partial charge in [0.1, 0.15) is 5.52 Å². The summed E-state index contributed by atoms with van der Waals surface area (Å²) in [6.07, 6.45) is 2.96. The molecule has 0 saturated heterocycles. The number of nitrogens with zero attached hydrogens (tertiary/aromatic N) is 2. The summed E-state index contributed by atoms with van der Waals surface area (Å²) >= 11 is 0. The Kier molecular flexibility index (Phi) is 2.97. The molecule has 1 aromatic carbocycles. The Morgan fingerprint density at radius 3 is 2.29 bits per heavy atom. The Balaban J connectivity index is 2.44. The average Bonchev–Trinajstić information content (AvgIpc) is 2.41. The highest BCUT2D eigenvalue weighted by molar-refractivity contribution is 5.88. The van der Waals surface area contributed by atoms with Crippen LogP contribution in [0.5, 0.6) is 5.75 Å². The van der Waals surface area contributed by atoms with Crippen molar-refractivity contribution in [3.05, 3.63) is 51.6 Å². The topological polar surface area (TPSA) is 78.9 Å². The van der Waals surface area contributed by atoms with Gasteiger partial charge in [0.15, 0.2) is 11.4 Å². The van der Waals surface area contributed by atoms with Gasteiger partial charge in [-0.15, -0.1) is 0 Å². The summed E-state index contributed by atoms with van der Waals surface area (Å²) in [4.78, 5) is 23.2. The number of H-pyrrole nitrogens is 1. The maximum absolute atomic E-state index is 12.4. The first-order valence-corrected chi connectivity index (χ1v) is 6.63. The van der Waals surface area contributed by atoms with Crippen molar-refractivity contribution in [2.24, 2.45) is 0 Å². The lowest BCUT2D eigenvalue weighted by Crippen LogP contribution is -2.12. The minimum absolute atomic E-state index is 0.128. The second kappa shape index (κ2) is 4.70. The Bertz CT molecular complexity index is 890. The molecule has 2 aromatic heterocycles. The van der Waals surface area contributed by atoms with Gasteiger partial charge < -0.3 is 10.1 Å². The van der Waals surface area contributed by atoms with Crippen LogP contribution in [-0.2, 0) is 0 Å². The molecule has 3 aromatic rings. The molecule has 5 nitrogen and oxygen atoms in total. The fourth-order valence-corrected chi connectivity index (χ4v) is 2.81. The number of fused-ring (bicyclic) bond motifs is 1. The third-order valence-electron chi connectivity index (χ3n) is 3.55. The van der Waals surface area contributed by atoms with Crippen LogP contribution in [-0.4, -0.2) is 20.1 Å². The van der Waals surface area contributed by atoms with Gasteiger partial charge in [-0.2, -0.15) is 0 Å². The third kappa shape index (κ3) is 2.07. The lowest BCUT2D eigenvalue weighted by molar-refractivity contribution is 0.481. The Labute approximate surface area is 121 Å². The molecule has 0 fully saturated rings. The largest absolute Gasteiger partial charge is 0.505 e. The van der Waals surface area contributed by atoms with Crippen molar-refractivity contribution >= 4 is 11.2 Å². The number of aromatic hydroxyl groups is 1. The van der Waals surface area contributed by atoms with E-state index in [1.807, 2.05) is 32.9 Å². The second-order valence-electron chi connectivity index (χ2n) is 5.21. The fraction of sp³-hybridized carbons (Fsp3) is 0.188. The van der Waals surface area contributed by atoms with Crippen molar-refractivity contribution in [2.45, 2.75) is 20.8 Å². The van der Waals surface area contributed by atoms with E-state index in [0.717, 1.165) is 22.3 Å². The molecule has 0 saturated carbocycles. The van der Waals surface area contributed by atoms with E-state index < -0.39 is 0 Å². The van der Waals surface area contributed by atoms with E-state index >= 15 is 0 Å². The zero-order chi connectivity index (χ0) is 15.1. The van der Waals surface area contributed by atoms with E-state index in [2.05, 4.69) is 15.0 Å². The highest BCUT2D eigenvalue weighted by atomic mass is 16.3. The molecule has 0 aliphatic rings. The summed E-state index contributed by atoms with van der Waals surface area (Å²) in [5.41, 5.74) is 4.21. The smallest absolute Gasteiger partial charge is 0.261 e. The molecule has 0 aliphatic carbocycles. The normalized spacial score (nSPS) is 11.0. The van der Waals surface area contributed by atoms with Crippen LogP contribution in [0.25, 0.3) is 22.3 Å². The van der Waals surface area contributed by atoms with E-state index in [1.165, 1.54) is 12.4 Å². The van der Waals surface area contributed by atoms with Crippen LogP contribution in [0.15, 0.2) is 29.3 Å². The van der Waals surface area contributed by atoms with E-state index in [-0.39, 0.29) is 22.5 Å². The summed E-state index contributed by atoms with van der Waals surface area (Å²) in [5.74, 6) is -0.128. The Hall–Kier alpha value is -2.69. The van der Waals surface area contributed by atoms with E-state index in [0.29, 0.717) is 5.52 Å². The number of hydrogen-bond acceptors (Lipinski definition) is 4. The number of rotatable bonds is 1. The molecule has 0 spiro atoms. The van der Waals surface area contributed by atoms with E-state index in [1.54, 1.807) is 0 Å². The summed E-state index contributed by atoms with van der Waals surface area (Å²) in [5, 5.41) is 10.5. The Morgan fingerprint density at radius 1 is 1.00 bits per heavy atom. The number of aromatic nitrogens is 3. The summed E-state index contributed by atoms with van der Waals surface area (Å²) < 4.78 is 0. The molecule has 0 bridgehead atoms. The first-order valence-electron chi connectivity index (χ1n) is 6.63. The van der Waals surface area contributed by atoms with Gasteiger partial charge in [-0.25, -0.2) is 9.97 Å². The second-order valence-corrected chi connectivity index (χ2v) is 5.21. The average molecular weight is 281 g/mol. The van der Waals surface area contributed by atoms with Crippen molar-refractivity contribution in [3.8, 4) is 16.9 Å². The predicted octanol–water partition coefficient (Wildman–Crippen LogP) is 2.62. The minimum atomic E-state index is -0.365. The molecular weight excluding hydrogens is 266 g/mol. The summed E-state index contributed by atoms with van der Waals surface area (Å²) in [7, 11) is 0. The van der Waals surface area contributed by atoms with Gasteiger partial charge in [-0.05, 0) is 37.5 Å². The molecule has 3 rings (SSSR count). The van der Waals surface area contributed by atoms with E-state index in [9.17, 15) is 9.90 Å². The number of hydrogen-bond donors (Lipinski definition) is 2. The molecule has 0 radical (unpaired) electrons. The maximum Gasteiger partial charge on any atom is 0.261 e. The van der Waals surface area contributed by atoms with Gasteiger partial charge in [-0.1, -0.05) is 17.7 Å². The van der Waals surface area contributed by atoms with Gasteiger partial charge >= 0.3 is 0 Å². The van der Waals surface area contributed by atoms with Crippen LogP contribution in [0, 0.1) is 20.8 Å². The van der Waals surface area contributed by atoms with Crippen molar-refractivity contribution in [2.75, 3.05) is 0 Å². The molecule has 0 unspecified atom stereocenters. The number of pyridine rings is 1. The van der Waals surface area contributed by atoms with Gasteiger partial charge in [0, 0.05) is 12.4 Å². The number of aromatic amines is 1. The first kappa shape index (κ1) is 13.3. The number of aryl methyl sites for hydroxylation is 3. The predicted molar refractivity (Wildman–Crippen MR) is 81.5 cm³/mol. The minimum Gasteiger partial charge on any atom is -0.505 e. The fourth-order valence-electron chi connectivity index (χ4n) is 2.81. The van der Waals surface area contributed by atoms with Crippen LogP contribution in [0.2, 0.25) is 0 Å². The highest BCUT2D eigenvalue weighted by Gasteiger charge is 2.18. The third-order valence-corrected chi connectivity index (χ3v) is 3.55. The lowest BCUT2D eigenvalue weighted by Gasteiger charge is -2.13. The zero-order valence-electron chi connectivity index (χ0n) is 12.1. The zero-order valence-corrected chi connectivity index (χ0v) is 12.1. The van der Waals surface area contributed by atoms with Crippen LogP contribution in [0.1, 0.15) is 16.7 Å². The van der Waals surface area contributed by atoms with Gasteiger partial charge in [0.2, 0.25) is 0 Å². The lowest BCUT2D eigenvalue weighted by atomic mass is 9.94. The van der Waals surface area contributed by atoms with Crippen LogP contribution in [0.3, 0.4) is 0 Å². The van der Waals surface area contributed by atoms with Crippen molar-refractivity contribution < 1.29 is 5.11 Å². The van der Waals surface area contributed by atoms with Crippen molar-refractivity contribution in [1.82, 2.24) is 15.0 Å². The van der Waals surface area contributed by atoms with Crippen LogP contribution < -0.4 is 5.56 Å². The molecule has 2 heterocycles. The molecule has 21 heavy (non-hydrogen) atoms. The summed E-state index contributed by atoms with van der Waals surface area (Å²) in [6, 6.07) is 3.98. The van der Waals surface area contributed by atoms with E-state index in [4.69, 9.17) is 0 Å². The van der Waals surface area contributed by atoms with Gasteiger partial charge in [-0.3, -0.25) is 4.79 Å². The highest BCUT2D eigenvalue weighted by Crippen LogP contribution is 2.34. The number of nitrogens with one attached hydrogen (secondary N) is 1. The molecule has 0 atom stereocenters. The Morgan fingerprint density at radius 2 is 1.62 bits per heavy atom. The summed E-state index contributed by atoms with van der Waals surface area (Å²) in [6.45, 7) is 5.85. The molecule has 0 aliphatic heterocycles. The van der Waals surface area contributed by atoms with Crippen LogP contribution in [0.4, 0.5) is 0 Å². The quantitative estimate of drug-likeness (QED) is 0.718. The molecular formula is C16H15N3O2. The van der Waals surface area contributed by atoms with Crippen LogP contribution >= 0.6 is 0 Å². The first-order chi connectivity index (χ1) is 9.99. The number of benzene rings is 1. The standard InChI is InChI=1S/C16H15N3O2/c1-8-6-9(2)11(10(3)7-8)12-14(20)13-15(19-16(12)21)18-5-4-17-13/h4-7H,1-3H3,(H2,18,19,20,21). The van der Waals surface area contributed by atoms with Crippen molar-refractivity contribution in [1.29, 1.82) is 0 Å². The molecule has 2 N–H and O–H groups in total. The van der Waals surface area contributed by atoms with Crippen molar-refractivity contribution in [3.63, 3.8) is 0 Å².